The third-order valence-corrected chi connectivity index (χ3v) is 3.47. The Kier molecular flexibility index (Phi) is 4.29. The first-order valence-electron chi connectivity index (χ1n) is 7.30. The van der Waals surface area contributed by atoms with E-state index in [0.717, 1.165) is 0 Å². The summed E-state index contributed by atoms with van der Waals surface area (Å²) in [6, 6.07) is 18.0. The number of allylic oxidation sites excluding steroid dienone is 4. The summed E-state index contributed by atoms with van der Waals surface area (Å²) in [5, 5.41) is 0. The minimum Gasteiger partial charge on any atom is -0.289 e. The van der Waals surface area contributed by atoms with E-state index in [9.17, 15) is 9.59 Å². The largest absolute Gasteiger partial charge is 0.289 e. The van der Waals surface area contributed by atoms with Gasteiger partial charge in [-0.2, -0.15) is 0 Å². The van der Waals surface area contributed by atoms with Crippen LogP contribution in [0.3, 0.4) is 0 Å². The van der Waals surface area contributed by atoms with Gasteiger partial charge in [0, 0.05) is 23.4 Å². The molecule has 0 atom stereocenters. The first kappa shape index (κ1) is 14.7. The normalized spacial score (nSPS) is 15.0. The van der Waals surface area contributed by atoms with Crippen LogP contribution >= 0.6 is 0 Å². The molecule has 0 unspecified atom stereocenters. The third-order valence-electron chi connectivity index (χ3n) is 3.47. The van der Waals surface area contributed by atoms with Gasteiger partial charge in [0.1, 0.15) is 0 Å². The zero-order valence-electron chi connectivity index (χ0n) is 12.4. The van der Waals surface area contributed by atoms with Gasteiger partial charge in [0.2, 0.25) is 0 Å². The van der Waals surface area contributed by atoms with Gasteiger partial charge in [-0.05, 0) is 24.3 Å². The van der Waals surface area contributed by atoms with Gasteiger partial charge in [-0.15, -0.1) is 0 Å². The number of carbonyl (C=O) groups excluding carboxylic acids is 2. The van der Waals surface area contributed by atoms with Gasteiger partial charge >= 0.3 is 0 Å². The minimum atomic E-state index is -0.168. The SMILES string of the molecule is O=C(C=C1C=CC=CN1C(=O)c1ccccc1)c1ccccc1. The van der Waals surface area contributed by atoms with Crippen LogP contribution in [0.15, 0.2) is 96.9 Å². The number of hydrogen-bond acceptors (Lipinski definition) is 2. The molecular formula is C20H15NO2. The topological polar surface area (TPSA) is 37.4 Å². The summed E-state index contributed by atoms with van der Waals surface area (Å²) < 4.78 is 0. The van der Waals surface area contributed by atoms with E-state index >= 15 is 0 Å². The predicted molar refractivity (Wildman–Crippen MR) is 89.7 cm³/mol. The van der Waals surface area contributed by atoms with Crippen LogP contribution in [0.25, 0.3) is 0 Å². The smallest absolute Gasteiger partial charge is 0.262 e. The molecule has 3 rings (SSSR count). The van der Waals surface area contributed by atoms with E-state index in [0.29, 0.717) is 16.8 Å². The maximum absolute atomic E-state index is 12.6. The summed E-state index contributed by atoms with van der Waals surface area (Å²) in [6.07, 6.45) is 8.47. The van der Waals surface area contributed by atoms with Gasteiger partial charge in [0.25, 0.3) is 5.91 Å². The maximum Gasteiger partial charge on any atom is 0.262 e. The van der Waals surface area contributed by atoms with Crippen LogP contribution in [0.4, 0.5) is 0 Å². The number of amides is 1. The standard InChI is InChI=1S/C20H15NO2/c22-19(16-9-3-1-4-10-16)15-18-13-7-8-14-21(18)20(23)17-11-5-2-6-12-17/h1-15H. The van der Waals surface area contributed by atoms with Gasteiger partial charge in [-0.25, -0.2) is 0 Å². The maximum atomic E-state index is 12.6. The number of nitrogens with zero attached hydrogens (tertiary/aromatic N) is 1. The summed E-state index contributed by atoms with van der Waals surface area (Å²) in [6.45, 7) is 0. The molecule has 2 aromatic rings. The van der Waals surface area contributed by atoms with Crippen molar-refractivity contribution < 1.29 is 9.59 Å². The molecule has 2 aromatic carbocycles. The molecule has 112 valence electrons. The number of carbonyl (C=O) groups is 2. The molecule has 3 heteroatoms. The summed E-state index contributed by atoms with van der Waals surface area (Å²) in [5.74, 6) is -0.301. The van der Waals surface area contributed by atoms with E-state index in [1.807, 2.05) is 36.4 Å². The van der Waals surface area contributed by atoms with Crippen molar-refractivity contribution in [3.05, 3.63) is 108 Å². The summed E-state index contributed by atoms with van der Waals surface area (Å²) >= 11 is 0. The van der Waals surface area contributed by atoms with Gasteiger partial charge in [-0.3, -0.25) is 14.5 Å². The zero-order chi connectivity index (χ0) is 16.1. The van der Waals surface area contributed by atoms with Crippen molar-refractivity contribution in [1.82, 2.24) is 4.90 Å². The van der Waals surface area contributed by atoms with Crippen molar-refractivity contribution >= 4 is 11.7 Å². The molecule has 1 aliphatic heterocycles. The molecule has 1 amide bonds. The first-order chi connectivity index (χ1) is 11.3. The second-order valence-electron chi connectivity index (χ2n) is 5.04. The zero-order valence-corrected chi connectivity index (χ0v) is 12.4. The average molecular weight is 301 g/mol. The molecule has 23 heavy (non-hydrogen) atoms. The van der Waals surface area contributed by atoms with Crippen LogP contribution in [0.2, 0.25) is 0 Å². The molecule has 1 aliphatic rings. The highest BCUT2D eigenvalue weighted by atomic mass is 16.2. The lowest BCUT2D eigenvalue weighted by Gasteiger charge is -2.21. The molecule has 0 N–H and O–H groups in total. The molecule has 0 aliphatic carbocycles. The summed E-state index contributed by atoms with van der Waals surface area (Å²) in [5.41, 5.74) is 1.72. The summed E-state index contributed by atoms with van der Waals surface area (Å²) in [4.78, 5) is 26.4. The van der Waals surface area contributed by atoms with Crippen LogP contribution in [0.5, 0.6) is 0 Å². The molecule has 0 radical (unpaired) electrons. The molecule has 1 heterocycles. The second-order valence-corrected chi connectivity index (χ2v) is 5.04. The number of ketones is 1. The number of rotatable bonds is 3. The van der Waals surface area contributed by atoms with E-state index in [-0.39, 0.29) is 11.7 Å². The number of benzene rings is 2. The highest BCUT2D eigenvalue weighted by molar-refractivity contribution is 6.06. The Morgan fingerprint density at radius 2 is 1.39 bits per heavy atom. The van der Waals surface area contributed by atoms with Crippen LogP contribution < -0.4 is 0 Å². The van der Waals surface area contributed by atoms with Crippen molar-refractivity contribution in [3.8, 4) is 0 Å². The van der Waals surface area contributed by atoms with E-state index < -0.39 is 0 Å². The second kappa shape index (κ2) is 6.71. The van der Waals surface area contributed by atoms with Crippen molar-refractivity contribution in [3.63, 3.8) is 0 Å². The van der Waals surface area contributed by atoms with Gasteiger partial charge in [0.15, 0.2) is 5.78 Å². The predicted octanol–water partition coefficient (Wildman–Crippen LogP) is 3.98. The lowest BCUT2D eigenvalue weighted by atomic mass is 10.1. The lowest BCUT2D eigenvalue weighted by molar-refractivity contribution is 0.0860. The highest BCUT2D eigenvalue weighted by Gasteiger charge is 2.18. The third kappa shape index (κ3) is 3.35. The van der Waals surface area contributed by atoms with Crippen molar-refractivity contribution in [2.24, 2.45) is 0 Å². The lowest BCUT2D eigenvalue weighted by Crippen LogP contribution is -2.26. The molecule has 0 aromatic heterocycles. The monoisotopic (exact) mass is 301 g/mol. The van der Waals surface area contributed by atoms with Crippen molar-refractivity contribution in [2.75, 3.05) is 0 Å². The van der Waals surface area contributed by atoms with E-state index in [2.05, 4.69) is 0 Å². The van der Waals surface area contributed by atoms with Crippen LogP contribution in [0, 0.1) is 0 Å². The van der Waals surface area contributed by atoms with Gasteiger partial charge in [0.05, 0.1) is 5.70 Å². The fraction of sp³-hybridized carbons (Fsp3) is 0. The van der Waals surface area contributed by atoms with Gasteiger partial charge < -0.3 is 0 Å². The van der Waals surface area contributed by atoms with Crippen LogP contribution in [-0.4, -0.2) is 16.6 Å². The van der Waals surface area contributed by atoms with E-state index in [1.165, 1.54) is 11.0 Å². The van der Waals surface area contributed by atoms with E-state index in [4.69, 9.17) is 0 Å². The van der Waals surface area contributed by atoms with Crippen LogP contribution in [0.1, 0.15) is 20.7 Å². The van der Waals surface area contributed by atoms with Gasteiger partial charge in [-0.1, -0.05) is 54.6 Å². The Labute approximate surface area is 134 Å². The Hall–Kier alpha value is -3.20. The van der Waals surface area contributed by atoms with Crippen LogP contribution in [-0.2, 0) is 0 Å². The molecular weight excluding hydrogens is 286 g/mol. The van der Waals surface area contributed by atoms with Crippen molar-refractivity contribution in [2.45, 2.75) is 0 Å². The first-order valence-corrected chi connectivity index (χ1v) is 7.30. The molecule has 0 bridgehead atoms. The Morgan fingerprint density at radius 1 is 0.783 bits per heavy atom. The Morgan fingerprint density at radius 3 is 2.04 bits per heavy atom. The minimum absolute atomic E-state index is 0.133. The highest BCUT2D eigenvalue weighted by Crippen LogP contribution is 2.17. The molecule has 0 fully saturated rings. The molecule has 0 saturated heterocycles. The Bertz CT molecular complexity index is 802. The number of hydrogen-bond donors (Lipinski definition) is 0. The molecule has 0 spiro atoms. The van der Waals surface area contributed by atoms with Crippen molar-refractivity contribution in [1.29, 1.82) is 0 Å². The fourth-order valence-corrected chi connectivity index (χ4v) is 2.30. The van der Waals surface area contributed by atoms with E-state index in [1.54, 1.807) is 48.7 Å². The Balaban J connectivity index is 1.90. The molecule has 3 nitrogen and oxygen atoms in total. The quantitative estimate of drug-likeness (QED) is 0.635. The summed E-state index contributed by atoms with van der Waals surface area (Å²) in [7, 11) is 0. The molecule has 0 saturated carbocycles. The fourth-order valence-electron chi connectivity index (χ4n) is 2.30. The average Bonchev–Trinajstić information content (AvgIpc) is 2.63.